The fourth-order valence-electron chi connectivity index (χ4n) is 20.9. The summed E-state index contributed by atoms with van der Waals surface area (Å²) in [5.74, 6) is 4.07. The zero-order chi connectivity index (χ0) is 93.6. The molecule has 12 heteroatoms. The normalized spacial score (nSPS) is 12.1. The van der Waals surface area contributed by atoms with E-state index in [-0.39, 0.29) is 5.41 Å². The predicted molar refractivity (Wildman–Crippen MR) is 576 cm³/mol. The summed E-state index contributed by atoms with van der Waals surface area (Å²) in [4.78, 5) is 31.3. The first-order valence-electron chi connectivity index (χ1n) is 47.6. The van der Waals surface area contributed by atoms with Crippen molar-refractivity contribution in [3.8, 4) is 153 Å². The van der Waals surface area contributed by atoms with Crippen molar-refractivity contribution in [3.05, 3.63) is 490 Å². The number of rotatable bonds is 14. The van der Waals surface area contributed by atoms with Crippen LogP contribution in [0.25, 0.3) is 251 Å². The third-order valence-corrected chi connectivity index (χ3v) is 27.6. The zero-order valence-corrected chi connectivity index (χ0v) is 76.9. The number of hydrogen-bond acceptors (Lipinski definition) is 9. The van der Waals surface area contributed by atoms with Gasteiger partial charge in [0.15, 0.2) is 34.8 Å². The van der Waals surface area contributed by atoms with Crippen LogP contribution in [0.3, 0.4) is 0 Å². The summed E-state index contributed by atoms with van der Waals surface area (Å²) < 4.78 is 26.1. The highest BCUT2D eigenvalue weighted by Crippen LogP contribution is 2.53. The summed E-state index contributed by atoms with van der Waals surface area (Å²) in [6.45, 7) is 4.63. The molecule has 18 aromatic carbocycles. The van der Waals surface area contributed by atoms with Crippen molar-refractivity contribution >= 4 is 98.3 Å². The van der Waals surface area contributed by atoms with E-state index in [1.54, 1.807) is 0 Å². The monoisotopic (exact) mass is 1810 g/mol. The van der Waals surface area contributed by atoms with Gasteiger partial charge >= 0.3 is 0 Å². The fourth-order valence-corrected chi connectivity index (χ4v) is 20.9. The average Bonchev–Trinajstić information content (AvgIpc) is 1.56. The molecule has 9 heterocycles. The Hall–Kier alpha value is -18.8. The van der Waals surface area contributed by atoms with Gasteiger partial charge in [0.2, 0.25) is 0 Å². The van der Waals surface area contributed by atoms with Crippen LogP contribution in [-0.2, 0) is 5.41 Å². The van der Waals surface area contributed by atoms with E-state index in [1.165, 1.54) is 71.2 Å². The second kappa shape index (κ2) is 34.5. The summed E-state index contributed by atoms with van der Waals surface area (Å²) in [5.41, 5.74) is 32.9. The molecule has 0 aliphatic heterocycles. The molecular weight excluding hydrogens is 1720 g/mol. The maximum Gasteiger partial charge on any atom is 0.162 e. The second-order valence-electron chi connectivity index (χ2n) is 36.3. The molecule has 1 aliphatic carbocycles. The third kappa shape index (κ3) is 14.7. The van der Waals surface area contributed by atoms with Crippen LogP contribution in [0.4, 0.5) is 0 Å². The van der Waals surface area contributed by atoms with Crippen LogP contribution in [0, 0.1) is 0 Å². The zero-order valence-electron chi connectivity index (χ0n) is 76.9. The molecule has 27 aromatic rings. The van der Waals surface area contributed by atoms with Gasteiger partial charge in [0.05, 0.1) is 61.6 Å². The van der Waals surface area contributed by atoms with Gasteiger partial charge in [-0.15, -0.1) is 0 Å². The van der Waals surface area contributed by atoms with Crippen LogP contribution in [0.2, 0.25) is 0 Å². The third-order valence-electron chi connectivity index (χ3n) is 27.6. The lowest BCUT2D eigenvalue weighted by Gasteiger charge is -2.21. The highest BCUT2D eigenvalue weighted by atomic mass is 16.3. The van der Waals surface area contributed by atoms with Gasteiger partial charge in [-0.05, 0) is 184 Å². The van der Waals surface area contributed by atoms with E-state index in [2.05, 4.69) is 428 Å². The van der Waals surface area contributed by atoms with Crippen molar-refractivity contribution < 1.29 is 13.3 Å². The largest absolute Gasteiger partial charge is 0.454 e. The van der Waals surface area contributed by atoms with Gasteiger partial charge in [-0.1, -0.05) is 354 Å². The highest BCUT2D eigenvalue weighted by Gasteiger charge is 2.37. The first-order chi connectivity index (χ1) is 69.7. The minimum absolute atomic E-state index is 0.123. The number of aromatic nitrogens is 9. The first-order valence-corrected chi connectivity index (χ1v) is 47.6. The van der Waals surface area contributed by atoms with Crippen molar-refractivity contribution in [2.75, 3.05) is 0 Å². The quantitative estimate of drug-likeness (QED) is 0.104. The molecule has 141 heavy (non-hydrogen) atoms. The Morgan fingerprint density at radius 1 is 0.199 bits per heavy atom. The molecule has 664 valence electrons. The van der Waals surface area contributed by atoms with Crippen molar-refractivity contribution in [1.82, 2.24) is 43.6 Å². The molecular formula is C129H85N9O3. The molecule has 0 amide bonds. The minimum Gasteiger partial charge on any atom is -0.454 e. The summed E-state index contributed by atoms with van der Waals surface area (Å²) in [7, 11) is 0. The molecule has 1 aliphatic rings. The minimum atomic E-state index is -0.123. The maximum absolute atomic E-state index is 6.44. The van der Waals surface area contributed by atoms with E-state index in [0.717, 1.165) is 156 Å². The smallest absolute Gasteiger partial charge is 0.162 e. The molecule has 12 nitrogen and oxygen atoms in total. The Bertz CT molecular complexity index is 9290. The number of para-hydroxylation sites is 11. The number of benzene rings is 18. The molecule has 28 rings (SSSR count). The van der Waals surface area contributed by atoms with Crippen LogP contribution >= 0.6 is 0 Å². The Kier molecular flexibility index (Phi) is 20.3. The van der Waals surface area contributed by atoms with Crippen LogP contribution in [0.5, 0.6) is 0 Å². The Balaban J connectivity index is 0.000000109. The van der Waals surface area contributed by atoms with Crippen LogP contribution < -0.4 is 0 Å². The van der Waals surface area contributed by atoms with Crippen LogP contribution in [0.15, 0.2) is 492 Å². The summed E-state index contributed by atoms with van der Waals surface area (Å²) in [5, 5.41) is 10.5. The molecule has 0 unspecified atom stereocenters. The molecule has 0 fully saturated rings. The Labute approximate surface area is 812 Å². The van der Waals surface area contributed by atoms with E-state index in [1.807, 2.05) is 78.9 Å². The lowest BCUT2D eigenvalue weighted by molar-refractivity contribution is 0.628. The molecule has 0 saturated carbocycles. The van der Waals surface area contributed by atoms with Crippen molar-refractivity contribution in [1.29, 1.82) is 0 Å². The van der Waals surface area contributed by atoms with Crippen molar-refractivity contribution in [2.45, 2.75) is 19.3 Å². The van der Waals surface area contributed by atoms with Gasteiger partial charge in [-0.3, -0.25) is 0 Å². The van der Waals surface area contributed by atoms with Crippen molar-refractivity contribution in [3.63, 3.8) is 0 Å². The second-order valence-corrected chi connectivity index (χ2v) is 36.3. The van der Waals surface area contributed by atoms with Gasteiger partial charge in [0, 0.05) is 93.0 Å². The Morgan fingerprint density at radius 3 is 0.979 bits per heavy atom. The average molecular weight is 1810 g/mol. The number of fused-ring (bicyclic) bond motifs is 15. The molecule has 0 radical (unpaired) electrons. The number of hydrogen-bond donors (Lipinski definition) is 0. The van der Waals surface area contributed by atoms with Crippen LogP contribution in [-0.4, -0.2) is 43.6 Å². The fraction of sp³-hybridized carbons (Fsp3) is 0.0233. The highest BCUT2D eigenvalue weighted by molar-refractivity contribution is 6.12. The molecule has 0 saturated heterocycles. The van der Waals surface area contributed by atoms with Gasteiger partial charge in [0.25, 0.3) is 0 Å². The van der Waals surface area contributed by atoms with Crippen LogP contribution in [0.1, 0.15) is 25.0 Å². The molecule has 0 atom stereocenters. The number of furan rings is 3. The predicted octanol–water partition coefficient (Wildman–Crippen LogP) is 33.6. The molecule has 9 aromatic heterocycles. The van der Waals surface area contributed by atoms with E-state index >= 15 is 0 Å². The molecule has 0 spiro atoms. The van der Waals surface area contributed by atoms with E-state index in [0.29, 0.717) is 34.8 Å². The maximum atomic E-state index is 6.44. The van der Waals surface area contributed by atoms with Gasteiger partial charge in [-0.2, -0.15) is 0 Å². The Morgan fingerprint density at radius 2 is 0.511 bits per heavy atom. The lowest BCUT2D eigenvalue weighted by atomic mass is 9.82. The number of nitrogens with zero attached hydrogens (tertiary/aromatic N) is 9. The summed E-state index contributed by atoms with van der Waals surface area (Å²) in [6, 6.07) is 167. The van der Waals surface area contributed by atoms with Crippen molar-refractivity contribution in [2.24, 2.45) is 0 Å². The standard InChI is InChI=1S/C45H31N3O.2C42H27N3O/c1-45(2)34-20-8-4-17-31(34)43-32(19-13-21-35(43)45)36-27-37(42-26-28-14-3-12-25-41(28)49-42)47-44(46-36)33-18-7-11-24-40(33)48-38-22-9-5-15-29(38)30-16-6-10-23-39(30)48;1-2-12-28(13-3-1)29-22-24-30(25-23-29)35-27-36(41-26-31-14-4-11-21-40(31)46-41)44-42(43-35)34-17-7-10-20-39(34)45-37-18-8-5-15-32(37)33-16-6-9-19-38(33)45;1-2-12-28(13-3-1)32-15-5-6-16-33(32)36-27-37(41-26-30-14-4-11-21-40(30)46-41)44-42(43-36)29-22-24-31(25-23-29)45-38-19-9-7-17-34(38)35-18-8-10-20-39(35)45/h3-27H,1-2H3;2*1-27H. The topological polar surface area (TPSA) is 132 Å². The summed E-state index contributed by atoms with van der Waals surface area (Å²) >= 11 is 0. The van der Waals surface area contributed by atoms with E-state index < -0.39 is 0 Å². The summed E-state index contributed by atoms with van der Waals surface area (Å²) in [6.07, 6.45) is 0. The first kappa shape index (κ1) is 82.9. The molecule has 0 N–H and O–H groups in total. The SMILES string of the molecule is CC1(C)c2ccccc2-c2c(-c3cc(-c4cc5ccccc5o4)nc(-c4ccccc4-n4c5ccccc5c5ccccc54)n3)cccc21.c1ccc(-c2ccc(-c3cc(-c4cc5ccccc5o4)nc(-c4ccccc4-n4c5ccccc5c5ccccc54)n3)cc2)cc1.c1ccc(-c2ccccc2-c2cc(-c3cc4ccccc4o3)nc(-c3ccc(-n4c5ccccc5c5ccccc54)cc3)n2)cc1. The lowest BCUT2D eigenvalue weighted by Crippen LogP contribution is -2.14. The van der Waals surface area contributed by atoms with Gasteiger partial charge in [-0.25, -0.2) is 29.9 Å². The van der Waals surface area contributed by atoms with E-state index in [4.69, 9.17) is 43.2 Å². The van der Waals surface area contributed by atoms with E-state index in [9.17, 15) is 0 Å². The van der Waals surface area contributed by atoms with Gasteiger partial charge < -0.3 is 27.0 Å². The molecule has 0 bridgehead atoms. The van der Waals surface area contributed by atoms with Gasteiger partial charge in [0.1, 0.15) is 33.8 Å².